The van der Waals surface area contributed by atoms with E-state index in [9.17, 15) is 14.4 Å². The molecule has 33 heavy (non-hydrogen) atoms. The number of benzene rings is 3. The molecular weight excluding hydrogens is 438 g/mol. The van der Waals surface area contributed by atoms with Crippen molar-refractivity contribution in [2.75, 3.05) is 0 Å². The van der Waals surface area contributed by atoms with Gasteiger partial charge in [-0.2, -0.15) is 0 Å². The van der Waals surface area contributed by atoms with Gasteiger partial charge in [0.2, 0.25) is 0 Å². The minimum atomic E-state index is -0.618. The normalized spacial score (nSPS) is 10.9. The first kappa shape index (κ1) is 22.5. The summed E-state index contributed by atoms with van der Waals surface area (Å²) in [6.45, 7) is 6.78. The maximum atomic E-state index is 12.7. The van der Waals surface area contributed by atoms with Crippen molar-refractivity contribution in [1.29, 1.82) is 0 Å². The molecule has 3 aromatic carbocycles. The summed E-state index contributed by atoms with van der Waals surface area (Å²) in [5.41, 5.74) is 4.50. The highest BCUT2D eigenvalue weighted by Crippen LogP contribution is 2.35. The van der Waals surface area contributed by atoms with Gasteiger partial charge in [0, 0.05) is 27.4 Å². The fourth-order valence-corrected chi connectivity index (χ4v) is 4.14. The smallest absolute Gasteiger partial charge is 0.343 e. The number of Topliss-reactive ketones (excluding diaryl/α,β-unsaturated/α-hetero) is 2. The standard InChI is InChI=1S/C27H22ClNO4/c1-15-5-11-21(12-6-15)29-16(2)26(18(4)31)23-14-25(22(17(3)30)13-24(23)29)33-27(32)19-7-9-20(28)10-8-19/h5-14H,1-4H3. The Kier molecular flexibility index (Phi) is 5.91. The third-order valence-corrected chi connectivity index (χ3v) is 5.86. The van der Waals surface area contributed by atoms with Crippen LogP contribution in [-0.2, 0) is 0 Å². The average molecular weight is 460 g/mol. The minimum Gasteiger partial charge on any atom is -0.422 e. The van der Waals surface area contributed by atoms with Crippen LogP contribution in [-0.4, -0.2) is 22.1 Å². The number of carbonyl (C=O) groups excluding carboxylic acids is 3. The molecule has 0 bridgehead atoms. The number of rotatable bonds is 5. The predicted molar refractivity (Wildman–Crippen MR) is 129 cm³/mol. The minimum absolute atomic E-state index is 0.110. The molecule has 6 heteroatoms. The lowest BCUT2D eigenvalue weighted by Crippen LogP contribution is -2.11. The zero-order valence-corrected chi connectivity index (χ0v) is 19.5. The average Bonchev–Trinajstić information content (AvgIpc) is 3.05. The molecule has 0 N–H and O–H groups in total. The Balaban J connectivity index is 1.93. The number of hydrogen-bond donors (Lipinski definition) is 0. The number of esters is 1. The summed E-state index contributed by atoms with van der Waals surface area (Å²) in [6, 6.07) is 17.5. The van der Waals surface area contributed by atoms with Crippen molar-refractivity contribution in [2.24, 2.45) is 0 Å². The largest absolute Gasteiger partial charge is 0.422 e. The van der Waals surface area contributed by atoms with Gasteiger partial charge < -0.3 is 9.30 Å². The molecule has 4 aromatic rings. The number of halogens is 1. The maximum Gasteiger partial charge on any atom is 0.343 e. The monoisotopic (exact) mass is 459 g/mol. The van der Waals surface area contributed by atoms with Crippen molar-refractivity contribution in [3.05, 3.63) is 93.6 Å². The summed E-state index contributed by atoms with van der Waals surface area (Å²) in [6.07, 6.45) is 0. The summed E-state index contributed by atoms with van der Waals surface area (Å²) >= 11 is 5.90. The predicted octanol–water partition coefficient (Wildman–Crippen LogP) is 6.53. The van der Waals surface area contributed by atoms with Crippen molar-refractivity contribution in [1.82, 2.24) is 4.57 Å². The van der Waals surface area contributed by atoms with Crippen LogP contribution in [0.25, 0.3) is 16.6 Å². The van der Waals surface area contributed by atoms with Crippen molar-refractivity contribution < 1.29 is 19.1 Å². The quantitative estimate of drug-likeness (QED) is 0.193. The Bertz CT molecular complexity index is 1410. The molecule has 0 aliphatic carbocycles. The molecule has 5 nitrogen and oxygen atoms in total. The van der Waals surface area contributed by atoms with E-state index >= 15 is 0 Å². The summed E-state index contributed by atoms with van der Waals surface area (Å²) < 4.78 is 7.57. The van der Waals surface area contributed by atoms with Crippen LogP contribution in [0.1, 0.15) is 56.2 Å². The topological polar surface area (TPSA) is 65.4 Å². The SMILES string of the molecule is CC(=O)c1cc2c(cc1OC(=O)c1ccc(Cl)cc1)c(C(C)=O)c(C)n2-c1ccc(C)cc1. The summed E-state index contributed by atoms with van der Waals surface area (Å²) in [7, 11) is 0. The van der Waals surface area contributed by atoms with Crippen LogP contribution in [0.5, 0.6) is 5.75 Å². The second kappa shape index (κ2) is 8.68. The third kappa shape index (κ3) is 4.20. The molecule has 4 rings (SSSR count). The van der Waals surface area contributed by atoms with Crippen LogP contribution in [0.3, 0.4) is 0 Å². The van der Waals surface area contributed by atoms with Crippen LogP contribution in [0, 0.1) is 13.8 Å². The molecule has 0 aliphatic heterocycles. The van der Waals surface area contributed by atoms with Crippen molar-refractivity contribution in [2.45, 2.75) is 27.7 Å². The first-order valence-electron chi connectivity index (χ1n) is 10.4. The van der Waals surface area contributed by atoms with Gasteiger partial charge in [-0.3, -0.25) is 9.59 Å². The van der Waals surface area contributed by atoms with Gasteiger partial charge in [-0.05, 0) is 76.2 Å². The second-order valence-electron chi connectivity index (χ2n) is 8.01. The lowest BCUT2D eigenvalue weighted by molar-refractivity contribution is 0.0733. The molecule has 0 amide bonds. The first-order valence-corrected chi connectivity index (χ1v) is 10.8. The van der Waals surface area contributed by atoms with Crippen molar-refractivity contribution in [3.8, 4) is 11.4 Å². The summed E-state index contributed by atoms with van der Waals surface area (Å²) in [5, 5.41) is 1.11. The summed E-state index contributed by atoms with van der Waals surface area (Å²) in [5.74, 6) is -0.880. The molecule has 0 saturated carbocycles. The molecule has 0 radical (unpaired) electrons. The third-order valence-electron chi connectivity index (χ3n) is 5.61. The number of hydrogen-bond acceptors (Lipinski definition) is 4. The lowest BCUT2D eigenvalue weighted by atomic mass is 10.0. The maximum absolute atomic E-state index is 12.7. The van der Waals surface area contributed by atoms with Gasteiger partial charge in [-0.1, -0.05) is 29.3 Å². The number of nitrogens with zero attached hydrogens (tertiary/aromatic N) is 1. The van der Waals surface area contributed by atoms with Crippen LogP contribution < -0.4 is 4.74 Å². The Morgan fingerprint density at radius 3 is 2.06 bits per heavy atom. The molecule has 0 saturated heterocycles. The second-order valence-corrected chi connectivity index (χ2v) is 8.44. The van der Waals surface area contributed by atoms with E-state index < -0.39 is 5.97 Å². The Morgan fingerprint density at radius 2 is 1.48 bits per heavy atom. The number of carbonyl (C=O) groups is 3. The van der Waals surface area contributed by atoms with Crippen molar-refractivity contribution >= 4 is 40.0 Å². The number of ether oxygens (including phenoxy) is 1. The van der Waals surface area contributed by atoms with Gasteiger partial charge in [0.25, 0.3) is 0 Å². The molecule has 0 atom stereocenters. The Labute approximate surface area is 196 Å². The molecule has 0 spiro atoms. The number of fused-ring (bicyclic) bond motifs is 1. The van der Waals surface area contributed by atoms with E-state index in [1.165, 1.54) is 13.8 Å². The molecule has 1 aromatic heterocycles. The van der Waals surface area contributed by atoms with Crippen LogP contribution in [0.4, 0.5) is 0 Å². The van der Waals surface area contributed by atoms with Crippen LogP contribution in [0.15, 0.2) is 60.7 Å². The lowest BCUT2D eigenvalue weighted by Gasteiger charge is -2.12. The highest BCUT2D eigenvalue weighted by Gasteiger charge is 2.23. The fraction of sp³-hybridized carbons (Fsp3) is 0.148. The van der Waals surface area contributed by atoms with Crippen molar-refractivity contribution in [3.63, 3.8) is 0 Å². The van der Waals surface area contributed by atoms with Gasteiger partial charge in [-0.15, -0.1) is 0 Å². The van der Waals surface area contributed by atoms with E-state index in [4.69, 9.17) is 16.3 Å². The van der Waals surface area contributed by atoms with E-state index in [-0.39, 0.29) is 22.9 Å². The molecule has 0 aliphatic rings. The fourth-order valence-electron chi connectivity index (χ4n) is 4.02. The Morgan fingerprint density at radius 1 is 0.848 bits per heavy atom. The van der Waals surface area contributed by atoms with Crippen LogP contribution >= 0.6 is 11.6 Å². The highest BCUT2D eigenvalue weighted by atomic mass is 35.5. The number of ketones is 2. The summed E-state index contributed by atoms with van der Waals surface area (Å²) in [4.78, 5) is 37.8. The van der Waals surface area contributed by atoms with E-state index in [0.29, 0.717) is 27.1 Å². The van der Waals surface area contributed by atoms with E-state index in [1.54, 1.807) is 36.4 Å². The molecule has 0 unspecified atom stereocenters. The molecule has 1 heterocycles. The van der Waals surface area contributed by atoms with E-state index in [2.05, 4.69) is 0 Å². The molecular formula is C27H22ClNO4. The first-order chi connectivity index (χ1) is 15.7. The Hall–Kier alpha value is -3.70. The molecule has 166 valence electrons. The van der Waals surface area contributed by atoms with Gasteiger partial charge in [0.1, 0.15) is 5.75 Å². The van der Waals surface area contributed by atoms with Gasteiger partial charge >= 0.3 is 5.97 Å². The zero-order valence-electron chi connectivity index (χ0n) is 18.7. The number of aromatic nitrogens is 1. The van der Waals surface area contributed by atoms with E-state index in [0.717, 1.165) is 16.9 Å². The molecule has 0 fully saturated rings. The highest BCUT2D eigenvalue weighted by molar-refractivity contribution is 6.30. The van der Waals surface area contributed by atoms with Gasteiger partial charge in [-0.25, -0.2) is 4.79 Å². The zero-order chi connectivity index (χ0) is 23.9. The van der Waals surface area contributed by atoms with Crippen LogP contribution in [0.2, 0.25) is 5.02 Å². The number of aryl methyl sites for hydroxylation is 1. The van der Waals surface area contributed by atoms with E-state index in [1.807, 2.05) is 42.7 Å². The van der Waals surface area contributed by atoms with Gasteiger partial charge in [0.15, 0.2) is 11.6 Å². The van der Waals surface area contributed by atoms with Gasteiger partial charge in [0.05, 0.1) is 16.6 Å².